The summed E-state index contributed by atoms with van der Waals surface area (Å²) in [4.78, 5) is 46.0. The number of benzene rings is 1. The van der Waals surface area contributed by atoms with E-state index in [1.165, 1.54) is 12.3 Å². The molecule has 8 heteroatoms. The summed E-state index contributed by atoms with van der Waals surface area (Å²) in [6.45, 7) is 0.474. The van der Waals surface area contributed by atoms with Crippen LogP contribution in [0.4, 0.5) is 0 Å². The number of aromatic amines is 2. The quantitative estimate of drug-likeness (QED) is 0.519. The van der Waals surface area contributed by atoms with Crippen LogP contribution in [0, 0.1) is 0 Å². The number of likely N-dealkylation sites (N-methyl/N-ethyl adjacent to an activating group) is 1. The van der Waals surface area contributed by atoms with Crippen molar-refractivity contribution in [2.45, 2.75) is 6.54 Å². The number of hydrogen-bond acceptors (Lipinski definition) is 4. The fraction of sp³-hybridized carbons (Fsp3) is 0.143. The molecular weight excluding hydrogens is 370 g/mol. The van der Waals surface area contributed by atoms with E-state index in [9.17, 15) is 14.4 Å². The first kappa shape index (κ1) is 18.4. The normalized spacial score (nSPS) is 11.5. The molecule has 0 radical (unpaired) electrons. The molecule has 8 nitrogen and oxygen atoms in total. The van der Waals surface area contributed by atoms with Crippen LogP contribution in [0.1, 0.15) is 11.1 Å². The van der Waals surface area contributed by atoms with Crippen LogP contribution in [-0.4, -0.2) is 37.4 Å². The molecule has 146 valence electrons. The van der Waals surface area contributed by atoms with Gasteiger partial charge in [0, 0.05) is 50.0 Å². The third kappa shape index (κ3) is 3.60. The molecule has 3 aromatic heterocycles. The van der Waals surface area contributed by atoms with Crippen molar-refractivity contribution in [2.24, 2.45) is 7.05 Å². The van der Waals surface area contributed by atoms with E-state index in [1.54, 1.807) is 24.1 Å². The molecule has 0 spiro atoms. The van der Waals surface area contributed by atoms with Gasteiger partial charge in [0.05, 0.1) is 5.39 Å². The first-order valence-electron chi connectivity index (χ1n) is 9.01. The number of pyridine rings is 1. The molecule has 0 aliphatic carbocycles. The van der Waals surface area contributed by atoms with E-state index in [1.807, 2.05) is 42.1 Å². The summed E-state index contributed by atoms with van der Waals surface area (Å²) >= 11 is 0. The third-order valence-electron chi connectivity index (χ3n) is 4.79. The number of hydrogen-bond donors (Lipinski definition) is 2. The van der Waals surface area contributed by atoms with E-state index in [-0.39, 0.29) is 16.9 Å². The predicted octanol–water partition coefficient (Wildman–Crippen LogP) is 1.77. The van der Waals surface area contributed by atoms with Gasteiger partial charge >= 0.3 is 5.69 Å². The van der Waals surface area contributed by atoms with Crippen LogP contribution in [0.15, 0.2) is 58.4 Å². The summed E-state index contributed by atoms with van der Waals surface area (Å²) in [7, 11) is 3.72. The van der Waals surface area contributed by atoms with E-state index >= 15 is 0 Å². The zero-order chi connectivity index (χ0) is 20.5. The lowest BCUT2D eigenvalue weighted by Gasteiger charge is -2.14. The maximum absolute atomic E-state index is 12.5. The zero-order valence-corrected chi connectivity index (χ0v) is 16.0. The number of carbonyl (C=O) groups is 1. The predicted molar refractivity (Wildman–Crippen MR) is 111 cm³/mol. The lowest BCUT2D eigenvalue weighted by molar-refractivity contribution is -0.125. The van der Waals surface area contributed by atoms with Crippen molar-refractivity contribution in [2.75, 3.05) is 7.05 Å². The number of para-hydroxylation sites is 1. The Balaban J connectivity index is 1.54. The molecular formula is C21H19N5O3. The Morgan fingerprint density at radius 3 is 2.83 bits per heavy atom. The van der Waals surface area contributed by atoms with E-state index in [4.69, 9.17) is 0 Å². The molecule has 0 aliphatic rings. The average molecular weight is 389 g/mol. The van der Waals surface area contributed by atoms with E-state index in [2.05, 4.69) is 15.0 Å². The highest BCUT2D eigenvalue weighted by Gasteiger charge is 2.11. The second-order valence-corrected chi connectivity index (χ2v) is 6.88. The highest BCUT2D eigenvalue weighted by Crippen LogP contribution is 2.21. The molecule has 29 heavy (non-hydrogen) atoms. The maximum atomic E-state index is 12.5. The number of carbonyl (C=O) groups excluding carboxylic acids is 1. The van der Waals surface area contributed by atoms with Crippen molar-refractivity contribution < 1.29 is 4.79 Å². The lowest BCUT2D eigenvalue weighted by Crippen LogP contribution is -2.24. The number of H-pyrrole nitrogens is 2. The van der Waals surface area contributed by atoms with Crippen molar-refractivity contribution in [1.29, 1.82) is 0 Å². The van der Waals surface area contributed by atoms with Gasteiger partial charge in [0.25, 0.3) is 5.56 Å². The Morgan fingerprint density at radius 2 is 2.00 bits per heavy atom. The van der Waals surface area contributed by atoms with Crippen LogP contribution < -0.4 is 11.2 Å². The molecule has 0 saturated heterocycles. The molecule has 0 fully saturated rings. The monoisotopic (exact) mass is 389 g/mol. The van der Waals surface area contributed by atoms with Gasteiger partial charge in [-0.1, -0.05) is 18.2 Å². The minimum absolute atomic E-state index is 0.173. The van der Waals surface area contributed by atoms with Gasteiger partial charge in [-0.3, -0.25) is 19.6 Å². The molecule has 1 amide bonds. The number of fused-ring (bicyclic) bond motifs is 2. The first-order chi connectivity index (χ1) is 13.9. The van der Waals surface area contributed by atoms with Crippen LogP contribution in [0.5, 0.6) is 0 Å². The summed E-state index contributed by atoms with van der Waals surface area (Å²) < 4.78 is 2.04. The van der Waals surface area contributed by atoms with Crippen LogP contribution in [0.2, 0.25) is 0 Å². The molecule has 4 rings (SSSR count). The van der Waals surface area contributed by atoms with Gasteiger partial charge < -0.3 is 9.47 Å². The van der Waals surface area contributed by atoms with Crippen LogP contribution in [-0.2, 0) is 18.4 Å². The number of amides is 1. The molecule has 0 saturated carbocycles. The Labute approximate surface area is 165 Å². The molecule has 1 aromatic carbocycles. The van der Waals surface area contributed by atoms with E-state index in [0.29, 0.717) is 12.1 Å². The molecule has 0 bridgehead atoms. The van der Waals surface area contributed by atoms with Crippen LogP contribution in [0.3, 0.4) is 0 Å². The standard InChI is InChI=1S/C21H19N5O3/c1-25-11-14(15-5-3-4-6-17(15)25)12-26(2)18(27)8-7-13-9-16-19(22-10-13)23-21(29)24-20(16)28/h3-11H,12H2,1-2H3,(H2,22,23,24,28,29). The number of rotatable bonds is 4. The minimum Gasteiger partial charge on any atom is -0.350 e. The summed E-state index contributed by atoms with van der Waals surface area (Å²) in [6.07, 6.45) is 6.55. The fourth-order valence-corrected chi connectivity index (χ4v) is 3.33. The molecule has 0 aliphatic heterocycles. The topological polar surface area (TPSA) is 104 Å². The Hall–Kier alpha value is -3.94. The van der Waals surface area contributed by atoms with Gasteiger partial charge in [-0.05, 0) is 29.3 Å². The maximum Gasteiger partial charge on any atom is 0.327 e. The zero-order valence-electron chi connectivity index (χ0n) is 16.0. The highest BCUT2D eigenvalue weighted by atomic mass is 16.2. The number of nitrogens with zero attached hydrogens (tertiary/aromatic N) is 3. The second-order valence-electron chi connectivity index (χ2n) is 6.88. The smallest absolute Gasteiger partial charge is 0.327 e. The van der Waals surface area contributed by atoms with Crippen molar-refractivity contribution in [3.05, 3.63) is 80.8 Å². The number of nitrogens with one attached hydrogen (secondary N) is 2. The number of aryl methyl sites for hydroxylation is 1. The lowest BCUT2D eigenvalue weighted by atomic mass is 10.1. The molecule has 0 atom stereocenters. The fourth-order valence-electron chi connectivity index (χ4n) is 3.33. The van der Waals surface area contributed by atoms with Crippen molar-refractivity contribution in [1.82, 2.24) is 24.4 Å². The van der Waals surface area contributed by atoms with Gasteiger partial charge in [0.15, 0.2) is 0 Å². The summed E-state index contributed by atoms with van der Waals surface area (Å²) in [5, 5.41) is 1.37. The summed E-state index contributed by atoms with van der Waals surface area (Å²) in [5.74, 6) is -0.173. The van der Waals surface area contributed by atoms with Gasteiger partial charge in [-0.2, -0.15) is 0 Å². The van der Waals surface area contributed by atoms with Gasteiger partial charge in [0.2, 0.25) is 5.91 Å². The Kier molecular flexibility index (Phi) is 4.59. The average Bonchev–Trinajstić information content (AvgIpc) is 3.02. The minimum atomic E-state index is -0.608. The number of aromatic nitrogens is 4. The van der Waals surface area contributed by atoms with Crippen molar-refractivity contribution in [3.8, 4) is 0 Å². The molecule has 0 unspecified atom stereocenters. The summed E-state index contributed by atoms with van der Waals surface area (Å²) in [6, 6.07) is 9.63. The van der Waals surface area contributed by atoms with Gasteiger partial charge in [-0.25, -0.2) is 9.78 Å². The Morgan fingerprint density at radius 1 is 1.21 bits per heavy atom. The molecule has 2 N–H and O–H groups in total. The Bertz CT molecular complexity index is 1380. The second kappa shape index (κ2) is 7.23. The molecule has 3 heterocycles. The van der Waals surface area contributed by atoms with E-state index < -0.39 is 11.2 Å². The van der Waals surface area contributed by atoms with E-state index in [0.717, 1.165) is 16.5 Å². The summed E-state index contributed by atoms with van der Waals surface area (Å²) in [5.41, 5.74) is 1.84. The molecule has 4 aromatic rings. The van der Waals surface area contributed by atoms with Crippen molar-refractivity contribution in [3.63, 3.8) is 0 Å². The van der Waals surface area contributed by atoms with Crippen LogP contribution in [0.25, 0.3) is 28.0 Å². The SMILES string of the molecule is CN(Cc1cn(C)c2ccccc12)C(=O)C=Cc1cnc2[nH]c(=O)[nH]c(=O)c2c1. The van der Waals surface area contributed by atoms with Gasteiger partial charge in [-0.15, -0.1) is 0 Å². The highest BCUT2D eigenvalue weighted by molar-refractivity contribution is 5.92. The first-order valence-corrected chi connectivity index (χ1v) is 9.01. The largest absolute Gasteiger partial charge is 0.350 e. The van der Waals surface area contributed by atoms with Crippen molar-refractivity contribution >= 4 is 33.9 Å². The third-order valence-corrected chi connectivity index (χ3v) is 4.79. The van der Waals surface area contributed by atoms with Crippen LogP contribution >= 0.6 is 0 Å². The van der Waals surface area contributed by atoms with Gasteiger partial charge in [0.1, 0.15) is 5.65 Å².